The van der Waals surface area contributed by atoms with Gasteiger partial charge in [0.2, 0.25) is 0 Å². The van der Waals surface area contributed by atoms with Gasteiger partial charge in [0, 0.05) is 6.04 Å². The maximum absolute atomic E-state index is 11.3. The Morgan fingerprint density at radius 3 is 2.75 bits per heavy atom. The van der Waals surface area contributed by atoms with Crippen molar-refractivity contribution in [1.29, 1.82) is 0 Å². The molecule has 4 unspecified atom stereocenters. The van der Waals surface area contributed by atoms with Crippen molar-refractivity contribution in [2.45, 2.75) is 38.6 Å². The van der Waals surface area contributed by atoms with E-state index in [1.54, 1.807) is 12.1 Å². The quantitative estimate of drug-likeness (QED) is 0.855. The first-order chi connectivity index (χ1) is 9.67. The lowest BCUT2D eigenvalue weighted by Crippen LogP contribution is -2.30. The van der Waals surface area contributed by atoms with E-state index >= 15 is 0 Å². The van der Waals surface area contributed by atoms with Gasteiger partial charge in [-0.25, -0.2) is 4.79 Å². The van der Waals surface area contributed by atoms with Crippen LogP contribution in [-0.2, 0) is 4.74 Å². The Balaban J connectivity index is 1.61. The third-order valence-corrected chi connectivity index (χ3v) is 4.87. The first kappa shape index (κ1) is 13.3. The minimum atomic E-state index is -0.454. The third-order valence-electron chi connectivity index (χ3n) is 4.87. The molecular weight excluding hydrogens is 254 g/mol. The molecule has 2 saturated carbocycles. The molecule has 2 fully saturated rings. The molecule has 0 aliphatic heterocycles. The van der Waals surface area contributed by atoms with E-state index < -0.39 is 5.97 Å². The Bertz CT molecular complexity index is 488. The van der Waals surface area contributed by atoms with Crippen molar-refractivity contribution in [3.8, 4) is 0 Å². The van der Waals surface area contributed by atoms with Crippen molar-refractivity contribution in [3.05, 3.63) is 17.8 Å². The van der Waals surface area contributed by atoms with E-state index in [4.69, 9.17) is 0 Å². The van der Waals surface area contributed by atoms with Crippen LogP contribution >= 0.6 is 0 Å². The number of ether oxygens (including phenoxy) is 1. The lowest BCUT2D eigenvalue weighted by Gasteiger charge is -2.28. The molecule has 1 heterocycles. The summed E-state index contributed by atoms with van der Waals surface area (Å²) in [6.07, 6.45) is 5.55. The predicted octanol–water partition coefficient (Wildman–Crippen LogP) is 2.50. The smallest absolute Gasteiger partial charge is 0.358 e. The number of methoxy groups -OCH3 is 1. The first-order valence-electron chi connectivity index (χ1n) is 7.36. The van der Waals surface area contributed by atoms with Crippen LogP contribution in [0.1, 0.15) is 43.1 Å². The Labute approximate surface area is 119 Å². The number of fused-ring (bicyclic) bond motifs is 2. The maximum atomic E-state index is 11.3. The Hall–Kier alpha value is -1.65. The summed E-state index contributed by atoms with van der Waals surface area (Å²) in [6, 6.07) is 3.85. The summed E-state index contributed by atoms with van der Waals surface area (Å²) < 4.78 is 4.61. The second kappa shape index (κ2) is 5.38. The summed E-state index contributed by atoms with van der Waals surface area (Å²) in [6.45, 7) is 2.22. The number of carbonyl (C=O) groups is 1. The molecule has 0 spiro atoms. The van der Waals surface area contributed by atoms with Crippen LogP contribution in [0.5, 0.6) is 0 Å². The number of nitrogens with one attached hydrogen (secondary N) is 1. The van der Waals surface area contributed by atoms with Crippen molar-refractivity contribution in [2.24, 2.45) is 17.8 Å². The highest BCUT2D eigenvalue weighted by atomic mass is 16.5. The largest absolute Gasteiger partial charge is 0.464 e. The van der Waals surface area contributed by atoms with Gasteiger partial charge in [-0.1, -0.05) is 6.42 Å². The summed E-state index contributed by atoms with van der Waals surface area (Å²) in [5.41, 5.74) is 0.241. The number of esters is 1. The zero-order chi connectivity index (χ0) is 14.1. The van der Waals surface area contributed by atoms with Crippen LogP contribution in [0.25, 0.3) is 0 Å². The summed E-state index contributed by atoms with van der Waals surface area (Å²) in [4.78, 5) is 11.3. The fourth-order valence-corrected chi connectivity index (χ4v) is 3.87. The molecule has 0 saturated heterocycles. The van der Waals surface area contributed by atoms with Gasteiger partial charge in [0.15, 0.2) is 5.69 Å². The van der Waals surface area contributed by atoms with Gasteiger partial charge in [-0.2, -0.15) is 0 Å². The van der Waals surface area contributed by atoms with E-state index in [1.807, 2.05) is 0 Å². The van der Waals surface area contributed by atoms with Crippen molar-refractivity contribution >= 4 is 11.8 Å². The number of hydrogen-bond acceptors (Lipinski definition) is 5. The standard InChI is InChI=1S/C15H21N3O2/c1-9(12-8-10-3-4-11(12)7-10)16-14-6-5-13(17-18-14)15(19)20-2/h5-6,9-12H,3-4,7-8H2,1-2H3,(H,16,18). The van der Waals surface area contributed by atoms with Crippen LogP contribution in [0.4, 0.5) is 5.82 Å². The minimum absolute atomic E-state index is 0.241. The highest BCUT2D eigenvalue weighted by Gasteiger charge is 2.41. The van der Waals surface area contributed by atoms with Gasteiger partial charge in [-0.3, -0.25) is 0 Å². The Kier molecular flexibility index (Phi) is 3.59. The number of nitrogens with zero attached hydrogens (tertiary/aromatic N) is 2. The number of rotatable bonds is 4. The van der Waals surface area contributed by atoms with Gasteiger partial charge in [0.1, 0.15) is 5.82 Å². The molecule has 2 aliphatic rings. The van der Waals surface area contributed by atoms with Crippen LogP contribution in [0.3, 0.4) is 0 Å². The summed E-state index contributed by atoms with van der Waals surface area (Å²) in [5, 5.41) is 11.4. The van der Waals surface area contributed by atoms with Crippen LogP contribution in [0.15, 0.2) is 12.1 Å². The predicted molar refractivity (Wildman–Crippen MR) is 75.4 cm³/mol. The van der Waals surface area contributed by atoms with Gasteiger partial charge in [0.05, 0.1) is 7.11 Å². The first-order valence-corrected chi connectivity index (χ1v) is 7.36. The number of carbonyl (C=O) groups excluding carboxylic acids is 1. The molecule has 20 heavy (non-hydrogen) atoms. The molecule has 4 atom stereocenters. The van der Waals surface area contributed by atoms with E-state index in [2.05, 4.69) is 27.2 Å². The van der Waals surface area contributed by atoms with E-state index in [9.17, 15) is 4.79 Å². The molecule has 0 radical (unpaired) electrons. The highest BCUT2D eigenvalue weighted by molar-refractivity contribution is 5.86. The Morgan fingerprint density at radius 2 is 2.20 bits per heavy atom. The average molecular weight is 275 g/mol. The van der Waals surface area contributed by atoms with Gasteiger partial charge in [0.25, 0.3) is 0 Å². The van der Waals surface area contributed by atoms with Gasteiger partial charge in [-0.15, -0.1) is 10.2 Å². The SMILES string of the molecule is COC(=O)c1ccc(NC(C)C2CC3CCC2C3)nn1. The van der Waals surface area contributed by atoms with E-state index in [1.165, 1.54) is 32.8 Å². The normalized spacial score (nSPS) is 29.2. The summed E-state index contributed by atoms with van der Waals surface area (Å²) in [5.74, 6) is 2.85. The molecule has 5 heteroatoms. The fraction of sp³-hybridized carbons (Fsp3) is 0.667. The molecule has 1 aromatic heterocycles. The van der Waals surface area contributed by atoms with Crippen LogP contribution in [0, 0.1) is 17.8 Å². The number of hydrogen-bond donors (Lipinski definition) is 1. The molecule has 0 amide bonds. The molecule has 108 valence electrons. The van der Waals surface area contributed by atoms with E-state index in [0.717, 1.165) is 23.6 Å². The van der Waals surface area contributed by atoms with Crippen molar-refractivity contribution < 1.29 is 9.53 Å². The second-order valence-corrected chi connectivity index (χ2v) is 6.07. The molecule has 3 rings (SSSR count). The van der Waals surface area contributed by atoms with E-state index in [0.29, 0.717) is 6.04 Å². The maximum Gasteiger partial charge on any atom is 0.358 e. The molecular formula is C15H21N3O2. The van der Waals surface area contributed by atoms with Gasteiger partial charge >= 0.3 is 5.97 Å². The molecule has 1 aromatic rings. The van der Waals surface area contributed by atoms with Crippen LogP contribution < -0.4 is 5.32 Å². The molecule has 1 N–H and O–H groups in total. The van der Waals surface area contributed by atoms with Crippen molar-refractivity contribution in [3.63, 3.8) is 0 Å². The molecule has 2 aliphatic carbocycles. The van der Waals surface area contributed by atoms with Gasteiger partial charge < -0.3 is 10.1 Å². The monoisotopic (exact) mass is 275 g/mol. The van der Waals surface area contributed by atoms with E-state index in [-0.39, 0.29) is 5.69 Å². The molecule has 5 nitrogen and oxygen atoms in total. The second-order valence-electron chi connectivity index (χ2n) is 6.07. The third kappa shape index (κ3) is 2.49. The van der Waals surface area contributed by atoms with Crippen LogP contribution in [0.2, 0.25) is 0 Å². The number of anilines is 1. The summed E-state index contributed by atoms with van der Waals surface area (Å²) in [7, 11) is 1.34. The lowest BCUT2D eigenvalue weighted by atomic mass is 9.84. The average Bonchev–Trinajstić information content (AvgIpc) is 3.10. The van der Waals surface area contributed by atoms with Gasteiger partial charge in [-0.05, 0) is 56.1 Å². The molecule has 0 aromatic carbocycles. The number of aromatic nitrogens is 2. The topological polar surface area (TPSA) is 64.1 Å². The van der Waals surface area contributed by atoms with Crippen molar-refractivity contribution in [2.75, 3.05) is 12.4 Å². The van der Waals surface area contributed by atoms with Crippen LogP contribution in [-0.4, -0.2) is 29.3 Å². The lowest BCUT2D eigenvalue weighted by molar-refractivity contribution is 0.0593. The zero-order valence-corrected chi connectivity index (χ0v) is 12.0. The summed E-state index contributed by atoms with van der Waals surface area (Å²) >= 11 is 0. The minimum Gasteiger partial charge on any atom is -0.464 e. The Morgan fingerprint density at radius 1 is 1.35 bits per heavy atom. The molecule has 2 bridgehead atoms. The van der Waals surface area contributed by atoms with Crippen molar-refractivity contribution in [1.82, 2.24) is 10.2 Å². The zero-order valence-electron chi connectivity index (χ0n) is 12.0. The fourth-order valence-electron chi connectivity index (χ4n) is 3.87. The highest BCUT2D eigenvalue weighted by Crippen LogP contribution is 2.49.